The standard InChI is InChI=1S/C17H25N3O/c1-5-19(11-13(2)3)17-16(12-21)14(4)18-20(17)15-9-7-6-8-10-15/h6-10,13,21H,5,11-12H2,1-4H3. The Kier molecular flexibility index (Phi) is 5.02. The predicted octanol–water partition coefficient (Wildman–Crippen LogP) is 3.16. The number of hydrogen-bond acceptors (Lipinski definition) is 3. The van der Waals surface area contributed by atoms with Gasteiger partial charge in [-0.3, -0.25) is 0 Å². The van der Waals surface area contributed by atoms with E-state index < -0.39 is 0 Å². The zero-order valence-corrected chi connectivity index (χ0v) is 13.4. The summed E-state index contributed by atoms with van der Waals surface area (Å²) in [6, 6.07) is 10.1. The molecule has 21 heavy (non-hydrogen) atoms. The highest BCUT2D eigenvalue weighted by Crippen LogP contribution is 2.28. The van der Waals surface area contributed by atoms with Crippen LogP contribution in [0.1, 0.15) is 32.0 Å². The van der Waals surface area contributed by atoms with Crippen molar-refractivity contribution >= 4 is 5.82 Å². The van der Waals surface area contributed by atoms with Crippen LogP contribution in [-0.2, 0) is 6.61 Å². The van der Waals surface area contributed by atoms with Gasteiger partial charge in [0.25, 0.3) is 0 Å². The van der Waals surface area contributed by atoms with Crippen LogP contribution in [0.2, 0.25) is 0 Å². The number of hydrogen-bond donors (Lipinski definition) is 1. The molecule has 114 valence electrons. The molecule has 0 spiro atoms. The third kappa shape index (κ3) is 3.27. The van der Waals surface area contributed by atoms with Crippen molar-refractivity contribution < 1.29 is 5.11 Å². The molecule has 2 aromatic rings. The van der Waals surface area contributed by atoms with Gasteiger partial charge in [-0.05, 0) is 31.9 Å². The van der Waals surface area contributed by atoms with Crippen molar-refractivity contribution in [2.24, 2.45) is 5.92 Å². The van der Waals surface area contributed by atoms with Crippen LogP contribution in [-0.4, -0.2) is 28.0 Å². The summed E-state index contributed by atoms with van der Waals surface area (Å²) >= 11 is 0. The van der Waals surface area contributed by atoms with E-state index in [2.05, 4.69) is 30.8 Å². The summed E-state index contributed by atoms with van der Waals surface area (Å²) in [6.45, 7) is 10.4. The number of para-hydroxylation sites is 1. The lowest BCUT2D eigenvalue weighted by molar-refractivity contribution is 0.281. The SMILES string of the molecule is CCN(CC(C)C)c1c(CO)c(C)nn1-c1ccccc1. The number of nitrogens with zero attached hydrogens (tertiary/aromatic N) is 3. The molecule has 0 atom stereocenters. The molecular weight excluding hydrogens is 262 g/mol. The Hall–Kier alpha value is -1.81. The van der Waals surface area contributed by atoms with E-state index >= 15 is 0 Å². The van der Waals surface area contributed by atoms with Gasteiger partial charge in [-0.2, -0.15) is 5.10 Å². The van der Waals surface area contributed by atoms with Gasteiger partial charge in [0.15, 0.2) is 0 Å². The smallest absolute Gasteiger partial charge is 0.138 e. The number of aryl methyl sites for hydroxylation is 1. The fourth-order valence-electron chi connectivity index (χ4n) is 2.61. The van der Waals surface area contributed by atoms with Crippen molar-refractivity contribution in [3.05, 3.63) is 41.6 Å². The van der Waals surface area contributed by atoms with Crippen LogP contribution in [0.5, 0.6) is 0 Å². The minimum absolute atomic E-state index is 0.0165. The van der Waals surface area contributed by atoms with Gasteiger partial charge < -0.3 is 10.0 Å². The second-order valence-electron chi connectivity index (χ2n) is 5.73. The lowest BCUT2D eigenvalue weighted by Gasteiger charge is -2.27. The van der Waals surface area contributed by atoms with Gasteiger partial charge in [0.1, 0.15) is 5.82 Å². The first kappa shape index (κ1) is 15.6. The number of rotatable bonds is 6. The molecule has 0 aliphatic carbocycles. The molecule has 0 radical (unpaired) electrons. The van der Waals surface area contributed by atoms with Gasteiger partial charge in [-0.25, -0.2) is 4.68 Å². The highest BCUT2D eigenvalue weighted by Gasteiger charge is 2.21. The Morgan fingerprint density at radius 3 is 2.43 bits per heavy atom. The first-order valence-electron chi connectivity index (χ1n) is 7.58. The zero-order valence-electron chi connectivity index (χ0n) is 13.4. The fourth-order valence-corrected chi connectivity index (χ4v) is 2.61. The largest absolute Gasteiger partial charge is 0.391 e. The molecule has 1 aromatic carbocycles. The van der Waals surface area contributed by atoms with Crippen LogP contribution in [0, 0.1) is 12.8 Å². The van der Waals surface area contributed by atoms with E-state index in [-0.39, 0.29) is 6.61 Å². The van der Waals surface area contributed by atoms with E-state index in [0.717, 1.165) is 35.9 Å². The molecule has 0 aliphatic heterocycles. The molecule has 1 N–H and O–H groups in total. The lowest BCUT2D eigenvalue weighted by Crippen LogP contribution is -2.30. The molecule has 0 unspecified atom stereocenters. The minimum Gasteiger partial charge on any atom is -0.391 e. The first-order chi connectivity index (χ1) is 10.1. The Bertz CT molecular complexity index is 575. The lowest BCUT2D eigenvalue weighted by atomic mass is 10.2. The van der Waals surface area contributed by atoms with Crippen molar-refractivity contribution in [1.82, 2.24) is 9.78 Å². The van der Waals surface area contributed by atoms with E-state index in [1.807, 2.05) is 41.9 Å². The number of aliphatic hydroxyl groups is 1. The van der Waals surface area contributed by atoms with Crippen LogP contribution >= 0.6 is 0 Å². The van der Waals surface area contributed by atoms with Gasteiger partial charge in [0, 0.05) is 18.7 Å². The molecular formula is C17H25N3O. The quantitative estimate of drug-likeness (QED) is 0.887. The highest BCUT2D eigenvalue weighted by atomic mass is 16.3. The molecule has 0 bridgehead atoms. The summed E-state index contributed by atoms with van der Waals surface area (Å²) < 4.78 is 1.95. The van der Waals surface area contributed by atoms with Gasteiger partial charge in [0.05, 0.1) is 18.0 Å². The van der Waals surface area contributed by atoms with Gasteiger partial charge >= 0.3 is 0 Å². The van der Waals surface area contributed by atoms with E-state index in [0.29, 0.717) is 5.92 Å². The third-order valence-electron chi connectivity index (χ3n) is 3.58. The number of anilines is 1. The molecule has 1 heterocycles. The molecule has 4 heteroatoms. The zero-order chi connectivity index (χ0) is 15.4. The summed E-state index contributed by atoms with van der Waals surface area (Å²) in [5.41, 5.74) is 2.83. The Morgan fingerprint density at radius 2 is 1.90 bits per heavy atom. The average Bonchev–Trinajstić information content (AvgIpc) is 2.82. The average molecular weight is 287 g/mol. The summed E-state index contributed by atoms with van der Waals surface area (Å²) in [7, 11) is 0. The normalized spacial score (nSPS) is 11.1. The third-order valence-corrected chi connectivity index (χ3v) is 3.58. The molecule has 0 saturated heterocycles. The minimum atomic E-state index is 0.0165. The highest BCUT2D eigenvalue weighted by molar-refractivity contribution is 5.55. The maximum atomic E-state index is 9.76. The van der Waals surface area contributed by atoms with Crippen molar-refractivity contribution in [3.8, 4) is 5.69 Å². The summed E-state index contributed by atoms with van der Waals surface area (Å²) in [5.74, 6) is 1.56. The van der Waals surface area contributed by atoms with Gasteiger partial charge in [0.2, 0.25) is 0 Å². The summed E-state index contributed by atoms with van der Waals surface area (Å²) in [4.78, 5) is 2.29. The van der Waals surface area contributed by atoms with E-state index in [1.54, 1.807) is 0 Å². The molecule has 4 nitrogen and oxygen atoms in total. The van der Waals surface area contributed by atoms with Crippen LogP contribution in [0.25, 0.3) is 5.69 Å². The van der Waals surface area contributed by atoms with Crippen molar-refractivity contribution in [2.45, 2.75) is 34.3 Å². The van der Waals surface area contributed by atoms with Crippen molar-refractivity contribution in [3.63, 3.8) is 0 Å². The fraction of sp³-hybridized carbons (Fsp3) is 0.471. The van der Waals surface area contributed by atoms with Crippen LogP contribution in [0.15, 0.2) is 30.3 Å². The molecule has 0 fully saturated rings. The van der Waals surface area contributed by atoms with Crippen LogP contribution in [0.4, 0.5) is 5.82 Å². The number of benzene rings is 1. The monoisotopic (exact) mass is 287 g/mol. The Balaban J connectivity index is 2.56. The van der Waals surface area contributed by atoms with Gasteiger partial charge in [-0.1, -0.05) is 32.0 Å². The maximum Gasteiger partial charge on any atom is 0.138 e. The van der Waals surface area contributed by atoms with E-state index in [9.17, 15) is 5.11 Å². The topological polar surface area (TPSA) is 41.3 Å². The molecule has 1 aromatic heterocycles. The second kappa shape index (κ2) is 6.76. The predicted molar refractivity (Wildman–Crippen MR) is 86.9 cm³/mol. The molecule has 0 saturated carbocycles. The van der Waals surface area contributed by atoms with Crippen LogP contribution in [0.3, 0.4) is 0 Å². The summed E-state index contributed by atoms with van der Waals surface area (Å²) in [5, 5.41) is 14.4. The van der Waals surface area contributed by atoms with Gasteiger partial charge in [-0.15, -0.1) is 0 Å². The molecule has 0 amide bonds. The molecule has 0 aliphatic rings. The second-order valence-corrected chi connectivity index (χ2v) is 5.73. The van der Waals surface area contributed by atoms with Crippen molar-refractivity contribution in [2.75, 3.05) is 18.0 Å². The molecule has 2 rings (SSSR count). The van der Waals surface area contributed by atoms with E-state index in [4.69, 9.17) is 0 Å². The van der Waals surface area contributed by atoms with Crippen LogP contribution < -0.4 is 4.90 Å². The first-order valence-corrected chi connectivity index (χ1v) is 7.58. The van der Waals surface area contributed by atoms with E-state index in [1.165, 1.54) is 0 Å². The summed E-state index contributed by atoms with van der Waals surface area (Å²) in [6.07, 6.45) is 0. The Morgan fingerprint density at radius 1 is 1.24 bits per heavy atom. The Labute approximate surface area is 127 Å². The number of aliphatic hydroxyl groups excluding tert-OH is 1. The number of aromatic nitrogens is 2. The van der Waals surface area contributed by atoms with Crippen molar-refractivity contribution in [1.29, 1.82) is 0 Å². The maximum absolute atomic E-state index is 9.76.